The second-order valence-electron chi connectivity index (χ2n) is 5.28. The van der Waals surface area contributed by atoms with Crippen LogP contribution in [0.4, 0.5) is 0 Å². The van der Waals surface area contributed by atoms with Gasteiger partial charge in [0.25, 0.3) is 0 Å². The summed E-state index contributed by atoms with van der Waals surface area (Å²) < 4.78 is 0. The number of thioether (sulfide) groups is 1. The first kappa shape index (κ1) is 17.2. The molecule has 0 aromatic heterocycles. The van der Waals surface area contributed by atoms with Crippen LogP contribution in [-0.4, -0.2) is 42.1 Å². The third kappa shape index (κ3) is 4.92. The minimum atomic E-state index is -0.184. The lowest BCUT2D eigenvalue weighted by atomic mass is 10.1. The number of carbonyl (C=O) groups excluding carboxylic acids is 2. The van der Waals surface area contributed by atoms with Crippen LogP contribution in [0.15, 0.2) is 29.2 Å². The van der Waals surface area contributed by atoms with Crippen molar-refractivity contribution in [1.29, 1.82) is 0 Å². The first-order chi connectivity index (χ1) is 10.6. The van der Waals surface area contributed by atoms with E-state index in [1.165, 1.54) is 4.90 Å². The second-order valence-corrected chi connectivity index (χ2v) is 6.89. The lowest BCUT2D eigenvalue weighted by Gasteiger charge is -2.13. The van der Waals surface area contributed by atoms with Crippen molar-refractivity contribution in [3.8, 4) is 0 Å². The Labute approximate surface area is 140 Å². The molecule has 2 rings (SSSR count). The van der Waals surface area contributed by atoms with E-state index in [1.54, 1.807) is 16.7 Å². The smallest absolute Gasteiger partial charge is 0.225 e. The predicted molar refractivity (Wildman–Crippen MR) is 90.2 cm³/mol. The van der Waals surface area contributed by atoms with E-state index in [0.717, 1.165) is 17.2 Å². The highest BCUT2D eigenvalue weighted by atomic mass is 35.5. The van der Waals surface area contributed by atoms with Crippen LogP contribution in [0.25, 0.3) is 0 Å². The third-order valence-electron chi connectivity index (χ3n) is 3.67. The summed E-state index contributed by atoms with van der Waals surface area (Å²) in [5.41, 5.74) is 0. The number of halogens is 1. The van der Waals surface area contributed by atoms with Gasteiger partial charge >= 0.3 is 0 Å². The quantitative estimate of drug-likeness (QED) is 0.613. The number of benzene rings is 1. The summed E-state index contributed by atoms with van der Waals surface area (Å²) in [7, 11) is 0. The van der Waals surface area contributed by atoms with Gasteiger partial charge in [0.2, 0.25) is 11.8 Å². The molecule has 0 saturated carbocycles. The van der Waals surface area contributed by atoms with Gasteiger partial charge in [0.05, 0.1) is 5.92 Å². The van der Waals surface area contributed by atoms with Crippen molar-refractivity contribution in [2.75, 3.05) is 25.4 Å². The minimum absolute atomic E-state index is 0.000734. The first-order valence-corrected chi connectivity index (χ1v) is 8.90. The molecule has 1 aromatic rings. The number of nitrogens with zero attached hydrogens (tertiary/aromatic N) is 1. The van der Waals surface area contributed by atoms with E-state index in [0.29, 0.717) is 26.1 Å². The molecule has 0 bridgehead atoms. The molecule has 1 fully saturated rings. The van der Waals surface area contributed by atoms with E-state index < -0.39 is 0 Å². The number of nitrogens with one attached hydrogen (secondary N) is 1. The fourth-order valence-corrected chi connectivity index (χ4v) is 3.38. The Kier molecular flexibility index (Phi) is 6.58. The maximum Gasteiger partial charge on any atom is 0.225 e. The SMILES string of the molecule is CCN1C[C@H](C(=O)NCCCSc2ccc(Cl)cc2)CC1=O. The molecular weight excluding hydrogens is 320 g/mol. The van der Waals surface area contributed by atoms with Crippen LogP contribution in [0, 0.1) is 5.92 Å². The van der Waals surface area contributed by atoms with Gasteiger partial charge in [-0.15, -0.1) is 11.8 Å². The summed E-state index contributed by atoms with van der Waals surface area (Å²) in [5.74, 6) is 0.838. The molecule has 1 aromatic carbocycles. The number of likely N-dealkylation sites (tertiary alicyclic amines) is 1. The fraction of sp³-hybridized carbons (Fsp3) is 0.500. The van der Waals surface area contributed by atoms with Crippen molar-refractivity contribution >= 4 is 35.2 Å². The zero-order valence-electron chi connectivity index (χ0n) is 12.7. The zero-order valence-corrected chi connectivity index (χ0v) is 14.3. The molecule has 1 heterocycles. The van der Waals surface area contributed by atoms with Gasteiger partial charge in [0, 0.05) is 36.0 Å². The number of hydrogen-bond donors (Lipinski definition) is 1. The van der Waals surface area contributed by atoms with Crippen molar-refractivity contribution in [2.24, 2.45) is 5.92 Å². The second kappa shape index (κ2) is 8.44. The standard InChI is InChI=1S/C16H21ClN2O2S/c1-2-19-11-12(10-15(19)20)16(21)18-8-3-9-22-14-6-4-13(17)5-7-14/h4-7,12H,2-3,8-11H2,1H3,(H,18,21)/t12-/m1/s1. The van der Waals surface area contributed by atoms with Crippen LogP contribution >= 0.6 is 23.4 Å². The summed E-state index contributed by atoms with van der Waals surface area (Å²) >= 11 is 7.58. The van der Waals surface area contributed by atoms with Gasteiger partial charge in [-0.2, -0.15) is 0 Å². The van der Waals surface area contributed by atoms with E-state index in [-0.39, 0.29) is 17.7 Å². The summed E-state index contributed by atoms with van der Waals surface area (Å²) in [5, 5.41) is 3.67. The van der Waals surface area contributed by atoms with Crippen LogP contribution in [0.3, 0.4) is 0 Å². The Morgan fingerprint density at radius 1 is 1.41 bits per heavy atom. The molecule has 4 nitrogen and oxygen atoms in total. The van der Waals surface area contributed by atoms with E-state index in [4.69, 9.17) is 11.6 Å². The normalized spacial score (nSPS) is 17.8. The van der Waals surface area contributed by atoms with Gasteiger partial charge < -0.3 is 10.2 Å². The van der Waals surface area contributed by atoms with Gasteiger partial charge in [-0.25, -0.2) is 0 Å². The van der Waals surface area contributed by atoms with Gasteiger partial charge in [0.15, 0.2) is 0 Å². The predicted octanol–water partition coefficient (Wildman–Crippen LogP) is 2.81. The number of rotatable bonds is 7. The van der Waals surface area contributed by atoms with E-state index in [2.05, 4.69) is 5.32 Å². The molecule has 1 aliphatic rings. The van der Waals surface area contributed by atoms with E-state index >= 15 is 0 Å². The lowest BCUT2D eigenvalue weighted by Crippen LogP contribution is -2.33. The summed E-state index contributed by atoms with van der Waals surface area (Å²) in [6, 6.07) is 7.74. The molecule has 1 saturated heterocycles. The van der Waals surface area contributed by atoms with Gasteiger partial charge in [0.1, 0.15) is 0 Å². The molecule has 22 heavy (non-hydrogen) atoms. The molecule has 120 valence electrons. The van der Waals surface area contributed by atoms with Crippen molar-refractivity contribution in [1.82, 2.24) is 10.2 Å². The van der Waals surface area contributed by atoms with E-state index in [9.17, 15) is 9.59 Å². The number of carbonyl (C=O) groups is 2. The molecule has 0 radical (unpaired) electrons. The summed E-state index contributed by atoms with van der Waals surface area (Å²) in [4.78, 5) is 26.5. The maximum atomic E-state index is 12.0. The van der Waals surface area contributed by atoms with Crippen LogP contribution in [0.1, 0.15) is 19.8 Å². The molecule has 1 N–H and O–H groups in total. The highest BCUT2D eigenvalue weighted by molar-refractivity contribution is 7.99. The molecule has 1 aliphatic heterocycles. The third-order valence-corrected chi connectivity index (χ3v) is 5.02. The van der Waals surface area contributed by atoms with Crippen LogP contribution in [0.5, 0.6) is 0 Å². The van der Waals surface area contributed by atoms with Crippen LogP contribution < -0.4 is 5.32 Å². The zero-order chi connectivity index (χ0) is 15.9. The highest BCUT2D eigenvalue weighted by Gasteiger charge is 2.32. The van der Waals surface area contributed by atoms with Crippen LogP contribution in [-0.2, 0) is 9.59 Å². The Morgan fingerprint density at radius 2 is 2.14 bits per heavy atom. The fourth-order valence-electron chi connectivity index (χ4n) is 2.40. The lowest BCUT2D eigenvalue weighted by molar-refractivity contribution is -0.128. The maximum absolute atomic E-state index is 12.0. The molecular formula is C16H21ClN2O2S. The highest BCUT2D eigenvalue weighted by Crippen LogP contribution is 2.21. The molecule has 6 heteroatoms. The Balaban J connectivity index is 1.61. The van der Waals surface area contributed by atoms with Crippen molar-refractivity contribution in [3.05, 3.63) is 29.3 Å². The number of hydrogen-bond acceptors (Lipinski definition) is 3. The Hall–Kier alpha value is -1.20. The largest absolute Gasteiger partial charge is 0.356 e. The Morgan fingerprint density at radius 3 is 2.77 bits per heavy atom. The summed E-state index contributed by atoms with van der Waals surface area (Å²) in [6.45, 7) is 3.82. The van der Waals surface area contributed by atoms with Gasteiger partial charge in [-0.3, -0.25) is 9.59 Å². The van der Waals surface area contributed by atoms with Crippen molar-refractivity contribution in [3.63, 3.8) is 0 Å². The molecule has 0 spiro atoms. The van der Waals surface area contributed by atoms with Crippen molar-refractivity contribution < 1.29 is 9.59 Å². The topological polar surface area (TPSA) is 49.4 Å². The Bertz CT molecular complexity index is 521. The molecule has 0 unspecified atom stereocenters. The molecule has 0 aliphatic carbocycles. The van der Waals surface area contributed by atoms with E-state index in [1.807, 2.05) is 31.2 Å². The molecule has 2 amide bonds. The average molecular weight is 341 g/mol. The minimum Gasteiger partial charge on any atom is -0.356 e. The first-order valence-electron chi connectivity index (χ1n) is 7.54. The monoisotopic (exact) mass is 340 g/mol. The van der Waals surface area contributed by atoms with Crippen molar-refractivity contribution in [2.45, 2.75) is 24.7 Å². The average Bonchev–Trinajstić information content (AvgIpc) is 2.90. The van der Waals surface area contributed by atoms with Gasteiger partial charge in [-0.1, -0.05) is 11.6 Å². The van der Waals surface area contributed by atoms with Gasteiger partial charge in [-0.05, 0) is 43.4 Å². The van der Waals surface area contributed by atoms with Crippen LogP contribution in [0.2, 0.25) is 5.02 Å². The number of amides is 2. The summed E-state index contributed by atoms with van der Waals surface area (Å²) in [6.07, 6.45) is 1.25. The molecule has 1 atom stereocenters.